The molecule has 2 aromatic rings. The Morgan fingerprint density at radius 2 is 2.00 bits per heavy atom. The summed E-state index contributed by atoms with van der Waals surface area (Å²) < 4.78 is 5.28. The van der Waals surface area contributed by atoms with Crippen molar-refractivity contribution in [3.05, 3.63) is 63.4 Å². The zero-order valence-corrected chi connectivity index (χ0v) is 16.5. The number of aliphatic hydroxyl groups excluding tert-OH is 1. The molecule has 5 nitrogen and oxygen atoms in total. The molecule has 1 aliphatic rings. The highest BCUT2D eigenvalue weighted by Crippen LogP contribution is 2.28. The van der Waals surface area contributed by atoms with Crippen molar-refractivity contribution in [1.29, 1.82) is 0 Å². The number of pyridine rings is 1. The number of benzene rings is 1. The monoisotopic (exact) mass is 386 g/mol. The van der Waals surface area contributed by atoms with Crippen molar-refractivity contribution in [2.45, 2.75) is 45.3 Å². The molecule has 0 aliphatic carbocycles. The molecule has 1 aliphatic heterocycles. The van der Waals surface area contributed by atoms with Crippen molar-refractivity contribution in [2.75, 3.05) is 7.11 Å². The minimum atomic E-state index is -0.764. The van der Waals surface area contributed by atoms with E-state index in [1.807, 2.05) is 37.3 Å². The Hall–Kier alpha value is -2.24. The van der Waals surface area contributed by atoms with Crippen LogP contribution in [0.4, 0.5) is 0 Å². The van der Waals surface area contributed by atoms with Gasteiger partial charge in [-0.1, -0.05) is 30.7 Å². The normalized spacial score (nSPS) is 15.1. The quantitative estimate of drug-likeness (QED) is 0.814. The molecule has 0 unspecified atom stereocenters. The second-order valence-electron chi connectivity index (χ2n) is 6.91. The van der Waals surface area contributed by atoms with Gasteiger partial charge in [0, 0.05) is 23.6 Å². The van der Waals surface area contributed by atoms with Crippen LogP contribution in [0.1, 0.15) is 60.4 Å². The van der Waals surface area contributed by atoms with E-state index in [1.54, 1.807) is 14.0 Å². The molecule has 27 heavy (non-hydrogen) atoms. The predicted molar refractivity (Wildman–Crippen MR) is 105 cm³/mol. The minimum absolute atomic E-state index is 0.101. The first-order valence-corrected chi connectivity index (χ1v) is 9.33. The van der Waals surface area contributed by atoms with Crippen LogP contribution >= 0.6 is 11.6 Å². The zero-order valence-electron chi connectivity index (χ0n) is 15.7. The molecule has 1 aromatic carbocycles. The third-order valence-corrected chi connectivity index (χ3v) is 4.98. The van der Waals surface area contributed by atoms with E-state index in [0.717, 1.165) is 16.7 Å². The molecule has 0 amide bonds. The van der Waals surface area contributed by atoms with Gasteiger partial charge < -0.3 is 9.84 Å². The average Bonchev–Trinajstić information content (AvgIpc) is 3.04. The van der Waals surface area contributed by atoms with Gasteiger partial charge in [0.2, 0.25) is 5.90 Å². The number of carbonyl (C=O) groups is 1. The lowest BCUT2D eigenvalue weighted by Gasteiger charge is -2.14. The summed E-state index contributed by atoms with van der Waals surface area (Å²) in [5.41, 5.74) is 3.94. The van der Waals surface area contributed by atoms with E-state index in [-0.39, 0.29) is 18.1 Å². The van der Waals surface area contributed by atoms with Crippen molar-refractivity contribution in [3.8, 4) is 0 Å². The van der Waals surface area contributed by atoms with Crippen LogP contribution in [-0.2, 0) is 22.5 Å². The summed E-state index contributed by atoms with van der Waals surface area (Å²) in [6.45, 7) is 4.16. The van der Waals surface area contributed by atoms with Crippen molar-refractivity contribution >= 4 is 23.3 Å². The van der Waals surface area contributed by atoms with Gasteiger partial charge in [-0.15, -0.1) is 0 Å². The van der Waals surface area contributed by atoms with E-state index in [0.29, 0.717) is 35.3 Å². The maximum Gasteiger partial charge on any atom is 0.218 e. The molecule has 2 heterocycles. The van der Waals surface area contributed by atoms with Crippen LogP contribution in [-0.4, -0.2) is 28.9 Å². The number of aromatic nitrogens is 1. The maximum atomic E-state index is 12.6. The van der Waals surface area contributed by atoms with E-state index in [4.69, 9.17) is 16.3 Å². The predicted octanol–water partition coefficient (Wildman–Crippen LogP) is 4.00. The van der Waals surface area contributed by atoms with Crippen LogP contribution in [0.2, 0.25) is 5.02 Å². The van der Waals surface area contributed by atoms with E-state index in [2.05, 4.69) is 9.98 Å². The summed E-state index contributed by atoms with van der Waals surface area (Å²) in [5.74, 6) is 0.693. The van der Waals surface area contributed by atoms with E-state index in [1.165, 1.54) is 0 Å². The molecule has 3 rings (SSSR count). The first-order valence-electron chi connectivity index (χ1n) is 8.95. The highest BCUT2D eigenvalue weighted by Gasteiger charge is 2.25. The molecule has 6 heteroatoms. The molecule has 0 saturated carbocycles. The van der Waals surface area contributed by atoms with Gasteiger partial charge in [-0.3, -0.25) is 9.78 Å². The molecule has 142 valence electrons. The second kappa shape index (κ2) is 8.19. The Labute approximate surface area is 164 Å². The molecule has 1 aromatic heterocycles. The lowest BCUT2D eigenvalue weighted by molar-refractivity contribution is -0.118. The van der Waals surface area contributed by atoms with Crippen LogP contribution in [0, 0.1) is 0 Å². The number of methoxy groups -OCH3 is 1. The number of ether oxygens (including phenoxy) is 1. The highest BCUT2D eigenvalue weighted by molar-refractivity contribution is 6.30. The van der Waals surface area contributed by atoms with Crippen LogP contribution in [0.15, 0.2) is 35.3 Å². The topological polar surface area (TPSA) is 71.8 Å². The van der Waals surface area contributed by atoms with Crippen LogP contribution in [0.5, 0.6) is 0 Å². The average molecular weight is 387 g/mol. The first kappa shape index (κ1) is 19.5. The molecule has 0 saturated heterocycles. The molecule has 1 N–H and O–H groups in total. The molecule has 0 fully saturated rings. The summed E-state index contributed by atoms with van der Waals surface area (Å²) in [6, 6.07) is 9.46. The minimum Gasteiger partial charge on any atom is -0.481 e. The van der Waals surface area contributed by atoms with Gasteiger partial charge in [-0.05, 0) is 42.2 Å². The van der Waals surface area contributed by atoms with E-state index in [9.17, 15) is 9.90 Å². The summed E-state index contributed by atoms with van der Waals surface area (Å²) in [6.07, 6.45) is -0.113. The van der Waals surface area contributed by atoms with Crippen LogP contribution in [0.3, 0.4) is 0 Å². The summed E-state index contributed by atoms with van der Waals surface area (Å²) in [7, 11) is 1.55. The number of carbonyl (C=O) groups excluding carboxylic acids is 1. The number of aliphatic hydroxyl groups is 1. The van der Waals surface area contributed by atoms with Gasteiger partial charge in [0.15, 0.2) is 0 Å². The largest absolute Gasteiger partial charge is 0.481 e. The molecular weight excluding hydrogens is 364 g/mol. The number of nitrogens with zero attached hydrogens (tertiary/aromatic N) is 2. The lowest BCUT2D eigenvalue weighted by Crippen LogP contribution is -2.14. The molecule has 2 atom stereocenters. The van der Waals surface area contributed by atoms with Gasteiger partial charge in [0.25, 0.3) is 0 Å². The maximum absolute atomic E-state index is 12.6. The fourth-order valence-electron chi connectivity index (χ4n) is 3.37. The Kier molecular flexibility index (Phi) is 5.92. The summed E-state index contributed by atoms with van der Waals surface area (Å²) in [4.78, 5) is 21.4. The first-order chi connectivity index (χ1) is 12.9. The van der Waals surface area contributed by atoms with Crippen molar-refractivity contribution in [3.63, 3.8) is 0 Å². The van der Waals surface area contributed by atoms with Gasteiger partial charge >= 0.3 is 0 Å². The van der Waals surface area contributed by atoms with Gasteiger partial charge in [-0.25, -0.2) is 4.99 Å². The van der Waals surface area contributed by atoms with Crippen molar-refractivity contribution in [2.24, 2.45) is 4.99 Å². The molecular formula is C21H23ClN2O3. The van der Waals surface area contributed by atoms with Gasteiger partial charge in [0.05, 0.1) is 31.0 Å². The number of ketones is 1. The number of halogens is 1. The molecule has 0 radical (unpaired) electrons. The third kappa shape index (κ3) is 4.37. The standard InChI is InChI=1S/C21H23ClN2O3/c1-12(14-4-6-16(22)7-5-14)8-18(26)10-17-9-15-11-23-21(27-3)19(15)20(24-17)13(2)25/h4-7,9,12-13,25H,8,10-11H2,1-3H3/t12-,13-/m0/s1. The number of rotatable bonds is 6. The van der Waals surface area contributed by atoms with Crippen molar-refractivity contribution in [1.82, 2.24) is 4.98 Å². The zero-order chi connectivity index (χ0) is 19.6. The second-order valence-corrected chi connectivity index (χ2v) is 7.34. The van der Waals surface area contributed by atoms with Crippen LogP contribution < -0.4 is 0 Å². The Morgan fingerprint density at radius 3 is 2.63 bits per heavy atom. The Morgan fingerprint density at radius 1 is 1.30 bits per heavy atom. The number of aliphatic imine (C=N–C) groups is 1. The fourth-order valence-corrected chi connectivity index (χ4v) is 3.50. The summed E-state index contributed by atoms with van der Waals surface area (Å²) in [5, 5.41) is 10.8. The van der Waals surface area contributed by atoms with E-state index >= 15 is 0 Å². The highest BCUT2D eigenvalue weighted by atomic mass is 35.5. The molecule has 0 bridgehead atoms. The van der Waals surface area contributed by atoms with Crippen molar-refractivity contribution < 1.29 is 14.6 Å². The van der Waals surface area contributed by atoms with Crippen LogP contribution in [0.25, 0.3) is 0 Å². The van der Waals surface area contributed by atoms with Gasteiger partial charge in [-0.2, -0.15) is 0 Å². The smallest absolute Gasteiger partial charge is 0.218 e. The fraction of sp³-hybridized carbons (Fsp3) is 0.381. The number of hydrogen-bond donors (Lipinski definition) is 1. The number of Topliss-reactive ketones (excluding diaryl/α,β-unsaturated/α-hetero) is 1. The Bertz CT molecular complexity index is 876. The van der Waals surface area contributed by atoms with Gasteiger partial charge in [0.1, 0.15) is 5.78 Å². The molecule has 0 spiro atoms. The Balaban J connectivity index is 1.75. The third-order valence-electron chi connectivity index (χ3n) is 4.73. The number of fused-ring (bicyclic) bond motifs is 1. The SMILES string of the molecule is COC1=NCc2cc(CC(=O)C[C@H](C)c3ccc(Cl)cc3)nc([C@H](C)O)c21. The summed E-state index contributed by atoms with van der Waals surface area (Å²) >= 11 is 5.92. The lowest BCUT2D eigenvalue weighted by atomic mass is 9.94. The number of hydrogen-bond acceptors (Lipinski definition) is 5. The van der Waals surface area contributed by atoms with E-state index < -0.39 is 6.10 Å².